The predicted octanol–water partition coefficient (Wildman–Crippen LogP) is 4.05. The molecule has 0 radical (unpaired) electrons. The molecule has 0 unspecified atom stereocenters. The Bertz CT molecular complexity index is 1020. The van der Waals surface area contributed by atoms with Gasteiger partial charge in [-0.2, -0.15) is 4.98 Å². The molecule has 2 heterocycles. The topological polar surface area (TPSA) is 59.8 Å². The first-order valence-electron chi connectivity index (χ1n) is 8.09. The first kappa shape index (κ1) is 16.6. The number of para-hydroxylation sites is 1. The van der Waals surface area contributed by atoms with Crippen LogP contribution in [0.25, 0.3) is 16.6 Å². The number of nitrogens with one attached hydrogen (secondary N) is 1. The van der Waals surface area contributed by atoms with E-state index in [2.05, 4.69) is 15.3 Å². The highest BCUT2D eigenvalue weighted by molar-refractivity contribution is 5.80. The lowest BCUT2D eigenvalue weighted by Gasteiger charge is -2.10. The molecule has 0 amide bonds. The largest absolute Gasteiger partial charge is 0.324 e. The molecule has 3 aromatic rings. The van der Waals surface area contributed by atoms with Crippen molar-refractivity contribution in [3.8, 4) is 0 Å². The van der Waals surface area contributed by atoms with Gasteiger partial charge in [-0.3, -0.25) is 9.36 Å². The van der Waals surface area contributed by atoms with Crippen LogP contribution in [0.15, 0.2) is 65.6 Å². The number of hydrogen-bond acceptors (Lipinski definition) is 4. The fraction of sp³-hybridized carbons (Fsp3) is 0.150. The molecule has 0 aliphatic heterocycles. The number of fused-ring (bicyclic) bond motifs is 1. The van der Waals surface area contributed by atoms with Gasteiger partial charge in [0.2, 0.25) is 5.95 Å². The molecular formula is C20H20N4O. The highest BCUT2D eigenvalue weighted by atomic mass is 16.1. The second kappa shape index (κ2) is 7.13. The van der Waals surface area contributed by atoms with E-state index in [9.17, 15) is 4.79 Å². The van der Waals surface area contributed by atoms with Crippen molar-refractivity contribution in [1.82, 2.24) is 14.5 Å². The van der Waals surface area contributed by atoms with Gasteiger partial charge >= 0.3 is 0 Å². The summed E-state index contributed by atoms with van der Waals surface area (Å²) in [5.41, 5.74) is 2.98. The number of pyridine rings is 1. The normalized spacial score (nSPS) is 12.0. The zero-order chi connectivity index (χ0) is 17.8. The standard InChI is InChI=1S/C20H20N4O/c1-4-5-9-14(2)17-12-15-13-21-20(22-16-10-7-6-8-11-16)23-18(15)24(3)19(17)25/h4-13H,1-3H3,(H,21,22,23)/b5-4-,14-9+. The third-order valence-electron chi connectivity index (χ3n) is 3.94. The van der Waals surface area contributed by atoms with Crippen LogP contribution in [0, 0.1) is 0 Å². The Balaban J connectivity index is 2.07. The predicted molar refractivity (Wildman–Crippen MR) is 103 cm³/mol. The summed E-state index contributed by atoms with van der Waals surface area (Å²) in [6, 6.07) is 11.5. The van der Waals surface area contributed by atoms with E-state index in [0.717, 1.165) is 16.6 Å². The van der Waals surface area contributed by atoms with E-state index in [4.69, 9.17) is 0 Å². The lowest BCUT2D eigenvalue weighted by Crippen LogP contribution is -2.21. The summed E-state index contributed by atoms with van der Waals surface area (Å²) in [4.78, 5) is 21.5. The summed E-state index contributed by atoms with van der Waals surface area (Å²) in [7, 11) is 1.73. The van der Waals surface area contributed by atoms with Gasteiger partial charge in [0, 0.05) is 29.9 Å². The maximum Gasteiger partial charge on any atom is 0.259 e. The minimum atomic E-state index is -0.0740. The molecule has 5 nitrogen and oxygen atoms in total. The summed E-state index contributed by atoms with van der Waals surface area (Å²) in [6.07, 6.45) is 7.51. The van der Waals surface area contributed by atoms with Crippen LogP contribution in [-0.4, -0.2) is 14.5 Å². The quantitative estimate of drug-likeness (QED) is 0.732. The lowest BCUT2D eigenvalue weighted by atomic mass is 10.1. The molecule has 1 aromatic carbocycles. The molecule has 0 spiro atoms. The summed E-state index contributed by atoms with van der Waals surface area (Å²) >= 11 is 0. The zero-order valence-electron chi connectivity index (χ0n) is 14.5. The molecule has 0 aliphatic carbocycles. The monoisotopic (exact) mass is 332 g/mol. The van der Waals surface area contributed by atoms with Crippen LogP contribution in [0.3, 0.4) is 0 Å². The van der Waals surface area contributed by atoms with E-state index >= 15 is 0 Å². The molecule has 2 aromatic heterocycles. The summed E-state index contributed by atoms with van der Waals surface area (Å²) in [6.45, 7) is 3.87. The van der Waals surface area contributed by atoms with Crippen molar-refractivity contribution in [2.24, 2.45) is 7.05 Å². The highest BCUT2D eigenvalue weighted by Gasteiger charge is 2.10. The van der Waals surface area contributed by atoms with Crippen LogP contribution in [-0.2, 0) is 7.05 Å². The van der Waals surface area contributed by atoms with Crippen LogP contribution < -0.4 is 10.9 Å². The van der Waals surface area contributed by atoms with E-state index in [-0.39, 0.29) is 5.56 Å². The van der Waals surface area contributed by atoms with Crippen LogP contribution in [0.2, 0.25) is 0 Å². The maximum absolute atomic E-state index is 12.7. The Labute approximate surface area is 146 Å². The molecule has 0 aliphatic rings. The van der Waals surface area contributed by atoms with Gasteiger partial charge in [-0.15, -0.1) is 0 Å². The third-order valence-corrected chi connectivity index (χ3v) is 3.94. The molecule has 0 saturated heterocycles. The highest BCUT2D eigenvalue weighted by Crippen LogP contribution is 2.18. The summed E-state index contributed by atoms with van der Waals surface area (Å²) in [5, 5.41) is 3.97. The number of nitrogens with zero attached hydrogens (tertiary/aromatic N) is 3. The Hall–Kier alpha value is -3.21. The van der Waals surface area contributed by atoms with Crippen molar-refractivity contribution in [1.29, 1.82) is 0 Å². The second-order valence-electron chi connectivity index (χ2n) is 5.76. The summed E-state index contributed by atoms with van der Waals surface area (Å²) < 4.78 is 1.56. The third kappa shape index (κ3) is 3.50. The van der Waals surface area contributed by atoms with Crippen LogP contribution in [0.1, 0.15) is 19.4 Å². The average molecular weight is 332 g/mol. The molecule has 0 saturated carbocycles. The zero-order valence-corrected chi connectivity index (χ0v) is 14.5. The molecule has 5 heteroatoms. The van der Waals surface area contributed by atoms with Gasteiger partial charge in [0.1, 0.15) is 5.65 Å². The fourth-order valence-electron chi connectivity index (χ4n) is 2.57. The van der Waals surface area contributed by atoms with Crippen LogP contribution in [0.5, 0.6) is 0 Å². The van der Waals surface area contributed by atoms with Gasteiger partial charge in [0.15, 0.2) is 0 Å². The van der Waals surface area contributed by atoms with Gasteiger partial charge in [-0.05, 0) is 37.6 Å². The minimum absolute atomic E-state index is 0.0740. The van der Waals surface area contributed by atoms with Gasteiger partial charge in [0.05, 0.1) is 0 Å². The molecule has 3 rings (SSSR count). The first-order valence-corrected chi connectivity index (χ1v) is 8.09. The maximum atomic E-state index is 12.7. The molecule has 1 N–H and O–H groups in total. The number of hydrogen-bond donors (Lipinski definition) is 1. The van der Waals surface area contributed by atoms with Gasteiger partial charge in [-0.25, -0.2) is 4.98 Å². The van der Waals surface area contributed by atoms with Crippen LogP contribution in [0.4, 0.5) is 11.6 Å². The van der Waals surface area contributed by atoms with Crippen molar-refractivity contribution >= 4 is 28.2 Å². The van der Waals surface area contributed by atoms with E-state index < -0.39 is 0 Å². The van der Waals surface area contributed by atoms with E-state index in [0.29, 0.717) is 17.2 Å². The Morgan fingerprint density at radius 1 is 1.24 bits per heavy atom. The Morgan fingerprint density at radius 3 is 2.72 bits per heavy atom. The van der Waals surface area contributed by atoms with Gasteiger partial charge in [0.25, 0.3) is 5.56 Å². The first-order chi connectivity index (χ1) is 12.1. The van der Waals surface area contributed by atoms with Crippen molar-refractivity contribution in [3.05, 3.63) is 76.7 Å². The van der Waals surface area contributed by atoms with E-state index in [1.165, 1.54) is 0 Å². The smallest absolute Gasteiger partial charge is 0.259 e. The average Bonchev–Trinajstić information content (AvgIpc) is 2.64. The van der Waals surface area contributed by atoms with Crippen molar-refractivity contribution in [2.45, 2.75) is 13.8 Å². The van der Waals surface area contributed by atoms with Crippen LogP contribution >= 0.6 is 0 Å². The molecular weight excluding hydrogens is 312 g/mol. The molecule has 0 bridgehead atoms. The number of allylic oxidation sites excluding steroid dienone is 4. The van der Waals surface area contributed by atoms with Crippen molar-refractivity contribution in [2.75, 3.05) is 5.32 Å². The number of aryl methyl sites for hydroxylation is 1. The fourth-order valence-corrected chi connectivity index (χ4v) is 2.57. The number of benzene rings is 1. The van der Waals surface area contributed by atoms with E-state index in [1.807, 2.05) is 68.5 Å². The minimum Gasteiger partial charge on any atom is -0.324 e. The molecule has 25 heavy (non-hydrogen) atoms. The number of rotatable bonds is 4. The Morgan fingerprint density at radius 2 is 2.00 bits per heavy atom. The molecule has 126 valence electrons. The summed E-state index contributed by atoms with van der Waals surface area (Å²) in [5.74, 6) is 0.461. The van der Waals surface area contributed by atoms with Gasteiger partial charge < -0.3 is 5.32 Å². The molecule has 0 atom stereocenters. The van der Waals surface area contributed by atoms with E-state index in [1.54, 1.807) is 17.8 Å². The van der Waals surface area contributed by atoms with Gasteiger partial charge in [-0.1, -0.05) is 36.4 Å². The number of aromatic nitrogens is 3. The molecule has 0 fully saturated rings. The SMILES string of the molecule is C/C=C\C=C(/C)c1cc2cnc(Nc3ccccc3)nc2n(C)c1=O. The van der Waals surface area contributed by atoms with Crippen molar-refractivity contribution < 1.29 is 0 Å². The Kier molecular flexibility index (Phi) is 4.75. The second-order valence-corrected chi connectivity index (χ2v) is 5.76. The number of anilines is 2. The van der Waals surface area contributed by atoms with Crippen molar-refractivity contribution in [3.63, 3.8) is 0 Å². The lowest BCUT2D eigenvalue weighted by molar-refractivity contribution is 0.880.